The minimum atomic E-state index is -0.769. The molecule has 0 radical (unpaired) electrons. The molecule has 0 aliphatic heterocycles. The molecule has 6 nitrogen and oxygen atoms in total. The lowest BCUT2D eigenvalue weighted by Crippen LogP contribution is -2.30. The van der Waals surface area contributed by atoms with Gasteiger partial charge in [0.15, 0.2) is 6.10 Å². The van der Waals surface area contributed by atoms with Crippen LogP contribution in [-0.2, 0) is 28.6 Å². The van der Waals surface area contributed by atoms with Crippen molar-refractivity contribution in [2.75, 3.05) is 13.2 Å². The van der Waals surface area contributed by atoms with Crippen molar-refractivity contribution in [3.63, 3.8) is 0 Å². The van der Waals surface area contributed by atoms with Gasteiger partial charge in [0.1, 0.15) is 13.2 Å². The van der Waals surface area contributed by atoms with Crippen LogP contribution >= 0.6 is 0 Å². The highest BCUT2D eigenvalue weighted by molar-refractivity contribution is 5.71. The molecular weight excluding hydrogens is 961 g/mol. The highest BCUT2D eigenvalue weighted by Crippen LogP contribution is 2.18. The topological polar surface area (TPSA) is 78.9 Å². The molecule has 0 amide bonds. The van der Waals surface area contributed by atoms with Gasteiger partial charge in [-0.3, -0.25) is 14.4 Å². The Morgan fingerprint density at radius 3 is 0.782 bits per heavy atom. The molecule has 0 aromatic heterocycles. The standard InChI is InChI=1S/C72H130O6/c1-4-7-10-13-16-18-20-22-24-26-28-30-32-34-35-36-37-39-40-42-44-46-48-50-52-54-56-59-62-65-71(74)77-68-69(67-76-70(73)64-61-58-15-12-9-6-3)78-72(75)66-63-60-57-55-53-51-49-47-45-43-41-38-33-31-29-27-25-23-21-19-17-14-11-8-5-2/h7,10,16,18,22,24,28,30,34-35,69H,4-6,8-9,11-15,17,19-21,23,25-27,29,31-33,36-68H2,1-3H3/b10-7-,18-16-,24-22-,30-28-,35-34-. The van der Waals surface area contributed by atoms with E-state index in [1.54, 1.807) is 0 Å². The largest absolute Gasteiger partial charge is 0.462 e. The predicted octanol–water partition coefficient (Wildman–Crippen LogP) is 23.5. The van der Waals surface area contributed by atoms with Crippen molar-refractivity contribution in [2.45, 2.75) is 367 Å². The van der Waals surface area contributed by atoms with Gasteiger partial charge in [0.2, 0.25) is 0 Å². The van der Waals surface area contributed by atoms with Gasteiger partial charge in [0.05, 0.1) is 0 Å². The Balaban J connectivity index is 4.01. The van der Waals surface area contributed by atoms with Crippen LogP contribution in [0.4, 0.5) is 0 Å². The maximum Gasteiger partial charge on any atom is 0.306 e. The van der Waals surface area contributed by atoms with E-state index in [9.17, 15) is 14.4 Å². The number of hydrogen-bond donors (Lipinski definition) is 0. The van der Waals surface area contributed by atoms with Gasteiger partial charge in [-0.05, 0) is 64.2 Å². The van der Waals surface area contributed by atoms with Crippen molar-refractivity contribution in [3.05, 3.63) is 60.8 Å². The molecule has 0 saturated heterocycles. The lowest BCUT2D eigenvalue weighted by atomic mass is 10.0. The Hall–Kier alpha value is -2.89. The van der Waals surface area contributed by atoms with Crippen LogP contribution in [-0.4, -0.2) is 37.2 Å². The molecule has 0 aromatic carbocycles. The minimum absolute atomic E-state index is 0.0698. The summed E-state index contributed by atoms with van der Waals surface area (Å²) >= 11 is 0. The number of hydrogen-bond acceptors (Lipinski definition) is 6. The number of esters is 3. The third kappa shape index (κ3) is 63.9. The first kappa shape index (κ1) is 75.1. The fourth-order valence-corrected chi connectivity index (χ4v) is 10.2. The molecule has 0 fully saturated rings. The van der Waals surface area contributed by atoms with Crippen LogP contribution in [0.15, 0.2) is 60.8 Å². The zero-order valence-electron chi connectivity index (χ0n) is 52.2. The molecule has 0 spiro atoms. The zero-order valence-corrected chi connectivity index (χ0v) is 52.2. The summed E-state index contributed by atoms with van der Waals surface area (Å²) in [6, 6.07) is 0. The summed E-state index contributed by atoms with van der Waals surface area (Å²) in [5, 5.41) is 0. The van der Waals surface area contributed by atoms with Crippen molar-refractivity contribution in [1.29, 1.82) is 0 Å². The van der Waals surface area contributed by atoms with Crippen LogP contribution in [0.3, 0.4) is 0 Å². The highest BCUT2D eigenvalue weighted by atomic mass is 16.6. The molecule has 0 heterocycles. The molecule has 1 unspecified atom stereocenters. The molecule has 0 saturated carbocycles. The highest BCUT2D eigenvalue weighted by Gasteiger charge is 2.19. The molecule has 0 aliphatic rings. The first-order valence-corrected chi connectivity index (χ1v) is 34.3. The van der Waals surface area contributed by atoms with E-state index in [1.807, 2.05) is 0 Å². The summed E-state index contributed by atoms with van der Waals surface area (Å²) in [7, 11) is 0. The summed E-state index contributed by atoms with van der Waals surface area (Å²) in [6.45, 7) is 6.52. The van der Waals surface area contributed by atoms with Crippen LogP contribution in [0.25, 0.3) is 0 Å². The van der Waals surface area contributed by atoms with Gasteiger partial charge < -0.3 is 14.2 Å². The van der Waals surface area contributed by atoms with E-state index in [4.69, 9.17) is 14.2 Å². The first-order chi connectivity index (χ1) is 38.5. The second kappa shape index (κ2) is 66.6. The van der Waals surface area contributed by atoms with Crippen LogP contribution in [0, 0.1) is 0 Å². The van der Waals surface area contributed by atoms with Gasteiger partial charge >= 0.3 is 17.9 Å². The second-order valence-corrected chi connectivity index (χ2v) is 23.1. The van der Waals surface area contributed by atoms with Crippen molar-refractivity contribution in [3.8, 4) is 0 Å². The third-order valence-corrected chi connectivity index (χ3v) is 15.3. The monoisotopic (exact) mass is 1090 g/mol. The molecule has 0 aromatic rings. The summed E-state index contributed by atoms with van der Waals surface area (Å²) in [5.41, 5.74) is 0. The van der Waals surface area contributed by atoms with Gasteiger partial charge in [-0.25, -0.2) is 0 Å². The van der Waals surface area contributed by atoms with E-state index in [0.29, 0.717) is 19.3 Å². The van der Waals surface area contributed by atoms with Crippen LogP contribution < -0.4 is 0 Å². The number of carbonyl (C=O) groups excluding carboxylic acids is 3. The van der Waals surface area contributed by atoms with Crippen LogP contribution in [0.1, 0.15) is 361 Å². The van der Waals surface area contributed by atoms with Crippen molar-refractivity contribution in [1.82, 2.24) is 0 Å². The number of rotatable bonds is 63. The molecule has 0 rings (SSSR count). The fraction of sp³-hybridized carbons (Fsp3) is 0.819. The average Bonchev–Trinajstić information content (AvgIpc) is 3.44. The lowest BCUT2D eigenvalue weighted by molar-refractivity contribution is -0.167. The molecule has 0 aliphatic carbocycles. The Bertz CT molecular complexity index is 1390. The second-order valence-electron chi connectivity index (χ2n) is 23.1. The minimum Gasteiger partial charge on any atom is -0.462 e. The normalized spacial score (nSPS) is 12.4. The number of unbranched alkanes of at least 4 members (excludes halogenated alkanes) is 42. The Labute approximate surface area is 485 Å². The van der Waals surface area contributed by atoms with E-state index in [0.717, 1.165) is 89.9 Å². The van der Waals surface area contributed by atoms with Gasteiger partial charge in [0, 0.05) is 19.3 Å². The summed E-state index contributed by atoms with van der Waals surface area (Å²) in [5.74, 6) is -0.859. The Kier molecular flexibility index (Phi) is 64.2. The predicted molar refractivity (Wildman–Crippen MR) is 339 cm³/mol. The number of carbonyl (C=O) groups is 3. The van der Waals surface area contributed by atoms with Crippen molar-refractivity contribution in [2.24, 2.45) is 0 Å². The molecule has 1 atom stereocenters. The Morgan fingerprint density at radius 1 is 0.269 bits per heavy atom. The number of ether oxygens (including phenoxy) is 3. The fourth-order valence-electron chi connectivity index (χ4n) is 10.2. The van der Waals surface area contributed by atoms with Crippen LogP contribution in [0.5, 0.6) is 0 Å². The molecule has 78 heavy (non-hydrogen) atoms. The molecule has 0 bridgehead atoms. The molecule has 454 valence electrons. The molecular formula is C72H130O6. The molecule has 6 heteroatoms. The first-order valence-electron chi connectivity index (χ1n) is 34.3. The van der Waals surface area contributed by atoms with Gasteiger partial charge in [-0.1, -0.05) is 338 Å². The van der Waals surface area contributed by atoms with Gasteiger partial charge in [0.25, 0.3) is 0 Å². The average molecular weight is 1090 g/mol. The van der Waals surface area contributed by atoms with Crippen molar-refractivity contribution < 1.29 is 28.6 Å². The van der Waals surface area contributed by atoms with E-state index in [1.165, 1.54) is 231 Å². The Morgan fingerprint density at radius 2 is 0.500 bits per heavy atom. The van der Waals surface area contributed by atoms with E-state index in [2.05, 4.69) is 81.5 Å². The smallest absolute Gasteiger partial charge is 0.306 e. The quantitative estimate of drug-likeness (QED) is 0.0261. The van der Waals surface area contributed by atoms with E-state index >= 15 is 0 Å². The third-order valence-electron chi connectivity index (χ3n) is 15.3. The zero-order chi connectivity index (χ0) is 56.4. The molecule has 0 N–H and O–H groups in total. The summed E-state index contributed by atoms with van der Waals surface area (Å²) in [4.78, 5) is 38.1. The van der Waals surface area contributed by atoms with Gasteiger partial charge in [-0.15, -0.1) is 0 Å². The summed E-state index contributed by atoms with van der Waals surface area (Å²) < 4.78 is 16.9. The lowest BCUT2D eigenvalue weighted by Gasteiger charge is -2.18. The van der Waals surface area contributed by atoms with Crippen LogP contribution in [0.2, 0.25) is 0 Å². The maximum atomic E-state index is 12.9. The van der Waals surface area contributed by atoms with E-state index in [-0.39, 0.29) is 31.1 Å². The van der Waals surface area contributed by atoms with Gasteiger partial charge in [-0.2, -0.15) is 0 Å². The van der Waals surface area contributed by atoms with E-state index < -0.39 is 6.10 Å². The maximum absolute atomic E-state index is 12.9. The summed E-state index contributed by atoms with van der Waals surface area (Å²) in [6.07, 6.45) is 85.7. The SMILES string of the molecule is CC/C=C\C/C=C\C/C=C\C/C=C\C/C=C\CCCCCCCCCCCCCCCC(=O)OCC(COC(=O)CCCCCCCC)OC(=O)CCCCCCCCCCCCCCCCCCCCCCCCCCC. The van der Waals surface area contributed by atoms with Crippen molar-refractivity contribution >= 4 is 17.9 Å². The number of allylic oxidation sites excluding steroid dienone is 10.